The number of nitrogens with two attached hydrogens (primary N) is 1. The van der Waals surface area contributed by atoms with E-state index in [4.69, 9.17) is 23.2 Å². The van der Waals surface area contributed by atoms with Gasteiger partial charge in [0.25, 0.3) is 0 Å². The van der Waals surface area contributed by atoms with Crippen LogP contribution in [0.3, 0.4) is 0 Å². The monoisotopic (exact) mass is 197 g/mol. The van der Waals surface area contributed by atoms with Gasteiger partial charge in [0.15, 0.2) is 5.11 Å². The van der Waals surface area contributed by atoms with Crippen LogP contribution in [0.5, 0.6) is 5.75 Å². The third-order valence-corrected chi connectivity index (χ3v) is 1.81. The third kappa shape index (κ3) is 2.57. The Bertz CT molecular complexity index is 327. The predicted octanol–water partition coefficient (Wildman–Crippen LogP) is 0.861. The molecule has 1 aromatic carbocycles. The van der Waals surface area contributed by atoms with Gasteiger partial charge in [-0.05, 0) is 42.9 Å². The largest absolute Gasteiger partial charge is 0.508 e. The van der Waals surface area contributed by atoms with Crippen molar-refractivity contribution in [1.29, 1.82) is 0 Å². The zero-order chi connectivity index (χ0) is 9.84. The van der Waals surface area contributed by atoms with E-state index in [1.54, 1.807) is 18.2 Å². The van der Waals surface area contributed by atoms with Crippen molar-refractivity contribution in [3.8, 4) is 5.75 Å². The van der Waals surface area contributed by atoms with Gasteiger partial charge in [0.05, 0.1) is 0 Å². The number of thiocarbonyl (C=S) groups is 1. The number of nitrogens with one attached hydrogen (secondary N) is 2. The summed E-state index contributed by atoms with van der Waals surface area (Å²) in [5.74, 6) is 5.33. The Kier molecular flexibility index (Phi) is 3.05. The molecule has 0 aliphatic carbocycles. The van der Waals surface area contributed by atoms with Crippen LogP contribution in [0.2, 0.25) is 0 Å². The predicted molar refractivity (Wildman–Crippen MR) is 56.4 cm³/mol. The lowest BCUT2D eigenvalue weighted by Crippen LogP contribution is -2.34. The number of hydrazine groups is 1. The SMILES string of the molecule is Cc1cc(O)ccc1NC(=S)NN. The fourth-order valence-electron chi connectivity index (χ4n) is 0.946. The molecule has 0 aliphatic rings. The van der Waals surface area contributed by atoms with E-state index in [1.807, 2.05) is 6.92 Å². The summed E-state index contributed by atoms with van der Waals surface area (Å²) >= 11 is 4.82. The van der Waals surface area contributed by atoms with Crippen molar-refractivity contribution in [3.63, 3.8) is 0 Å². The maximum absolute atomic E-state index is 9.13. The average Bonchev–Trinajstić information content (AvgIpc) is 2.09. The molecule has 0 saturated carbocycles. The molecule has 0 spiro atoms. The summed E-state index contributed by atoms with van der Waals surface area (Å²) in [6, 6.07) is 4.95. The van der Waals surface area contributed by atoms with Gasteiger partial charge >= 0.3 is 0 Å². The van der Waals surface area contributed by atoms with E-state index >= 15 is 0 Å². The highest BCUT2D eigenvalue weighted by Crippen LogP contribution is 2.19. The van der Waals surface area contributed by atoms with E-state index in [0.29, 0.717) is 5.11 Å². The molecule has 0 aliphatic heterocycles. The van der Waals surface area contributed by atoms with Crippen LogP contribution < -0.4 is 16.6 Å². The van der Waals surface area contributed by atoms with Gasteiger partial charge in [0.2, 0.25) is 0 Å². The molecule has 0 radical (unpaired) electrons. The van der Waals surface area contributed by atoms with E-state index in [9.17, 15) is 0 Å². The number of phenolic OH excluding ortho intramolecular Hbond substituents is 1. The Labute approximate surface area is 81.7 Å². The Hall–Kier alpha value is -1.33. The summed E-state index contributed by atoms with van der Waals surface area (Å²) in [6.07, 6.45) is 0. The van der Waals surface area contributed by atoms with Gasteiger partial charge in [-0.3, -0.25) is 0 Å². The molecule has 70 valence electrons. The van der Waals surface area contributed by atoms with Crippen LogP contribution >= 0.6 is 12.2 Å². The van der Waals surface area contributed by atoms with E-state index in [-0.39, 0.29) is 5.75 Å². The summed E-state index contributed by atoms with van der Waals surface area (Å²) in [5.41, 5.74) is 4.03. The van der Waals surface area contributed by atoms with Gasteiger partial charge < -0.3 is 15.8 Å². The number of hydrogen-bond donors (Lipinski definition) is 4. The Balaban J connectivity index is 2.83. The molecular weight excluding hydrogens is 186 g/mol. The van der Waals surface area contributed by atoms with Gasteiger partial charge in [-0.25, -0.2) is 5.84 Å². The first-order chi connectivity index (χ1) is 6.13. The van der Waals surface area contributed by atoms with Crippen molar-refractivity contribution < 1.29 is 5.11 Å². The van der Waals surface area contributed by atoms with E-state index in [1.165, 1.54) is 0 Å². The lowest BCUT2D eigenvalue weighted by Gasteiger charge is -2.09. The highest BCUT2D eigenvalue weighted by Gasteiger charge is 2.00. The van der Waals surface area contributed by atoms with Crippen molar-refractivity contribution in [2.24, 2.45) is 5.84 Å². The van der Waals surface area contributed by atoms with Gasteiger partial charge in [-0.2, -0.15) is 0 Å². The average molecular weight is 197 g/mol. The molecule has 0 heterocycles. The summed E-state index contributed by atoms with van der Waals surface area (Å²) < 4.78 is 0. The summed E-state index contributed by atoms with van der Waals surface area (Å²) in [7, 11) is 0. The topological polar surface area (TPSA) is 70.3 Å². The second-order valence-electron chi connectivity index (χ2n) is 2.60. The lowest BCUT2D eigenvalue weighted by molar-refractivity contribution is 0.475. The number of rotatable bonds is 1. The van der Waals surface area contributed by atoms with E-state index in [0.717, 1.165) is 11.3 Å². The number of hydrogen-bond acceptors (Lipinski definition) is 3. The molecule has 0 amide bonds. The van der Waals surface area contributed by atoms with Crippen LogP contribution in [0.15, 0.2) is 18.2 Å². The first-order valence-electron chi connectivity index (χ1n) is 3.70. The zero-order valence-electron chi connectivity index (χ0n) is 7.16. The van der Waals surface area contributed by atoms with Crippen molar-refractivity contribution in [3.05, 3.63) is 23.8 Å². The van der Waals surface area contributed by atoms with Crippen molar-refractivity contribution in [1.82, 2.24) is 5.43 Å². The van der Waals surface area contributed by atoms with Gasteiger partial charge in [0.1, 0.15) is 5.75 Å². The summed E-state index contributed by atoms with van der Waals surface area (Å²) in [6.45, 7) is 1.86. The summed E-state index contributed by atoms with van der Waals surface area (Å²) in [5, 5.41) is 12.3. The Morgan fingerprint density at radius 2 is 2.23 bits per heavy atom. The standard InChI is InChI=1S/C8H11N3OS/c1-5-4-6(12)2-3-7(5)10-8(13)11-9/h2-4,12H,9H2,1H3,(H2,10,11,13). The molecule has 5 N–H and O–H groups in total. The van der Waals surface area contributed by atoms with Gasteiger partial charge in [-0.1, -0.05) is 0 Å². The fraction of sp³-hybridized carbons (Fsp3) is 0.125. The highest BCUT2D eigenvalue weighted by atomic mass is 32.1. The number of benzene rings is 1. The molecule has 0 bridgehead atoms. The van der Waals surface area contributed by atoms with Crippen molar-refractivity contribution >= 4 is 23.0 Å². The Morgan fingerprint density at radius 1 is 1.54 bits per heavy atom. The molecule has 0 fully saturated rings. The molecule has 0 saturated heterocycles. The van der Waals surface area contributed by atoms with Crippen LogP contribution in [0, 0.1) is 6.92 Å². The maximum Gasteiger partial charge on any atom is 0.185 e. The Morgan fingerprint density at radius 3 is 2.77 bits per heavy atom. The molecule has 0 aromatic heterocycles. The van der Waals surface area contributed by atoms with Gasteiger partial charge in [-0.15, -0.1) is 0 Å². The number of anilines is 1. The van der Waals surface area contributed by atoms with E-state index in [2.05, 4.69) is 10.7 Å². The third-order valence-electron chi connectivity index (χ3n) is 1.59. The molecule has 1 aromatic rings. The summed E-state index contributed by atoms with van der Waals surface area (Å²) in [4.78, 5) is 0. The smallest absolute Gasteiger partial charge is 0.185 e. The lowest BCUT2D eigenvalue weighted by atomic mass is 10.2. The molecule has 13 heavy (non-hydrogen) atoms. The first kappa shape index (κ1) is 9.76. The molecule has 4 nitrogen and oxygen atoms in total. The number of aryl methyl sites for hydroxylation is 1. The second kappa shape index (κ2) is 4.06. The van der Waals surface area contributed by atoms with Crippen LogP contribution in [0.1, 0.15) is 5.56 Å². The normalized spacial score (nSPS) is 9.38. The van der Waals surface area contributed by atoms with Crippen molar-refractivity contribution in [2.45, 2.75) is 6.92 Å². The van der Waals surface area contributed by atoms with Crippen LogP contribution in [-0.2, 0) is 0 Å². The van der Waals surface area contributed by atoms with E-state index < -0.39 is 0 Å². The van der Waals surface area contributed by atoms with Crippen LogP contribution in [0.4, 0.5) is 5.69 Å². The quantitative estimate of drug-likeness (QED) is 0.233. The highest BCUT2D eigenvalue weighted by molar-refractivity contribution is 7.80. The molecule has 1 rings (SSSR count). The minimum atomic E-state index is 0.231. The molecule has 0 unspecified atom stereocenters. The number of phenols is 1. The second-order valence-corrected chi connectivity index (χ2v) is 3.01. The molecule has 5 heteroatoms. The van der Waals surface area contributed by atoms with Crippen LogP contribution in [0.25, 0.3) is 0 Å². The minimum Gasteiger partial charge on any atom is -0.508 e. The van der Waals surface area contributed by atoms with Crippen molar-refractivity contribution in [2.75, 3.05) is 5.32 Å². The number of aromatic hydroxyl groups is 1. The maximum atomic E-state index is 9.13. The van der Waals surface area contributed by atoms with Crippen LogP contribution in [-0.4, -0.2) is 10.2 Å². The first-order valence-corrected chi connectivity index (χ1v) is 4.11. The molecule has 0 atom stereocenters. The fourth-order valence-corrected chi connectivity index (χ4v) is 1.06. The molecular formula is C8H11N3OS. The van der Waals surface area contributed by atoms with Gasteiger partial charge in [0, 0.05) is 5.69 Å². The zero-order valence-corrected chi connectivity index (χ0v) is 7.98. The minimum absolute atomic E-state index is 0.231.